The Morgan fingerprint density at radius 2 is 1.71 bits per heavy atom. The molecule has 4 heteroatoms. The van der Waals surface area contributed by atoms with E-state index in [0.29, 0.717) is 18.9 Å². The third-order valence-corrected chi connectivity index (χ3v) is 5.75. The maximum atomic E-state index is 12.8. The average Bonchev–Trinajstić information content (AvgIpc) is 3.09. The number of rotatable bonds is 3. The number of hydrogen-bond donors (Lipinski definition) is 1. The topological polar surface area (TPSA) is 49.4 Å². The number of nitrogens with one attached hydrogen (secondary N) is 1. The first-order chi connectivity index (χ1) is 10.1. The SMILES string of the molecule is CC1(C(=O)NC2CCCC2)CCC(=O)N1C1CCCCC1. The Balaban J connectivity index is 1.73. The molecule has 0 radical (unpaired) electrons. The Kier molecular flexibility index (Phi) is 4.23. The van der Waals surface area contributed by atoms with E-state index in [-0.39, 0.29) is 17.9 Å². The smallest absolute Gasteiger partial charge is 0.245 e. The number of carbonyl (C=O) groups excluding carboxylic acids is 2. The van der Waals surface area contributed by atoms with Gasteiger partial charge in [0.2, 0.25) is 11.8 Å². The van der Waals surface area contributed by atoms with E-state index < -0.39 is 5.54 Å². The summed E-state index contributed by atoms with van der Waals surface area (Å²) in [4.78, 5) is 27.1. The lowest BCUT2D eigenvalue weighted by Crippen LogP contribution is -2.59. The summed E-state index contributed by atoms with van der Waals surface area (Å²) >= 11 is 0. The molecule has 3 fully saturated rings. The molecule has 3 aliphatic rings. The van der Waals surface area contributed by atoms with Crippen LogP contribution in [0.2, 0.25) is 0 Å². The van der Waals surface area contributed by atoms with Gasteiger partial charge in [-0.3, -0.25) is 9.59 Å². The van der Waals surface area contributed by atoms with Crippen LogP contribution in [-0.4, -0.2) is 34.3 Å². The molecule has 1 N–H and O–H groups in total. The second kappa shape index (κ2) is 5.98. The Morgan fingerprint density at radius 1 is 1.10 bits per heavy atom. The predicted octanol–water partition coefficient (Wildman–Crippen LogP) is 2.76. The van der Waals surface area contributed by atoms with Gasteiger partial charge >= 0.3 is 0 Å². The van der Waals surface area contributed by atoms with Crippen molar-refractivity contribution in [3.8, 4) is 0 Å². The summed E-state index contributed by atoms with van der Waals surface area (Å²) in [6.45, 7) is 1.98. The number of hydrogen-bond acceptors (Lipinski definition) is 2. The Labute approximate surface area is 127 Å². The minimum atomic E-state index is -0.609. The molecule has 0 spiro atoms. The van der Waals surface area contributed by atoms with Crippen LogP contribution in [0, 0.1) is 0 Å². The summed E-state index contributed by atoms with van der Waals surface area (Å²) in [6.07, 6.45) is 11.6. The number of likely N-dealkylation sites (tertiary alicyclic amines) is 1. The molecule has 4 nitrogen and oxygen atoms in total. The van der Waals surface area contributed by atoms with Crippen LogP contribution in [0.1, 0.15) is 77.6 Å². The molecule has 2 aliphatic carbocycles. The molecule has 0 aromatic carbocycles. The molecule has 3 rings (SSSR count). The monoisotopic (exact) mass is 292 g/mol. The van der Waals surface area contributed by atoms with Crippen LogP contribution in [0.15, 0.2) is 0 Å². The lowest BCUT2D eigenvalue weighted by molar-refractivity contribution is -0.144. The van der Waals surface area contributed by atoms with Crippen molar-refractivity contribution in [2.24, 2.45) is 0 Å². The Hall–Kier alpha value is -1.06. The highest BCUT2D eigenvalue weighted by atomic mass is 16.2. The summed E-state index contributed by atoms with van der Waals surface area (Å²) in [5, 5.41) is 3.22. The van der Waals surface area contributed by atoms with Gasteiger partial charge in [0.25, 0.3) is 0 Å². The van der Waals surface area contributed by atoms with E-state index in [9.17, 15) is 9.59 Å². The number of carbonyl (C=O) groups is 2. The lowest BCUT2D eigenvalue weighted by Gasteiger charge is -2.41. The van der Waals surface area contributed by atoms with Crippen molar-refractivity contribution in [1.29, 1.82) is 0 Å². The van der Waals surface area contributed by atoms with Gasteiger partial charge in [0, 0.05) is 18.5 Å². The van der Waals surface area contributed by atoms with Crippen molar-refractivity contribution in [2.45, 2.75) is 95.2 Å². The average molecular weight is 292 g/mol. The molecule has 0 bridgehead atoms. The number of nitrogens with zero attached hydrogens (tertiary/aromatic N) is 1. The highest BCUT2D eigenvalue weighted by Crippen LogP contribution is 2.37. The lowest BCUT2D eigenvalue weighted by atomic mass is 9.89. The maximum Gasteiger partial charge on any atom is 0.245 e. The van der Waals surface area contributed by atoms with E-state index in [1.54, 1.807) is 0 Å². The normalized spacial score (nSPS) is 31.9. The molecule has 0 aromatic rings. The van der Waals surface area contributed by atoms with E-state index in [2.05, 4.69) is 5.32 Å². The minimum absolute atomic E-state index is 0.0887. The van der Waals surface area contributed by atoms with E-state index in [1.165, 1.54) is 32.1 Å². The Bertz CT molecular complexity index is 411. The quantitative estimate of drug-likeness (QED) is 0.869. The molecule has 21 heavy (non-hydrogen) atoms. The van der Waals surface area contributed by atoms with Gasteiger partial charge in [0.05, 0.1) is 0 Å². The molecule has 1 aliphatic heterocycles. The molecular weight excluding hydrogens is 264 g/mol. The highest BCUT2D eigenvalue weighted by Gasteiger charge is 2.50. The van der Waals surface area contributed by atoms with Gasteiger partial charge in [-0.15, -0.1) is 0 Å². The van der Waals surface area contributed by atoms with Crippen LogP contribution < -0.4 is 5.32 Å². The molecule has 1 heterocycles. The van der Waals surface area contributed by atoms with Crippen molar-refractivity contribution in [1.82, 2.24) is 10.2 Å². The maximum absolute atomic E-state index is 12.8. The zero-order valence-electron chi connectivity index (χ0n) is 13.2. The molecular formula is C17H28N2O2. The minimum Gasteiger partial charge on any atom is -0.351 e. The first-order valence-corrected chi connectivity index (χ1v) is 8.74. The molecule has 1 saturated heterocycles. The van der Waals surface area contributed by atoms with Crippen LogP contribution in [0.3, 0.4) is 0 Å². The fourth-order valence-electron chi connectivity index (χ4n) is 4.45. The first kappa shape index (κ1) is 14.9. The summed E-state index contributed by atoms with van der Waals surface area (Å²) in [6, 6.07) is 0.617. The van der Waals surface area contributed by atoms with Gasteiger partial charge < -0.3 is 10.2 Å². The fourth-order valence-corrected chi connectivity index (χ4v) is 4.45. The number of amides is 2. The van der Waals surface area contributed by atoms with Crippen LogP contribution >= 0.6 is 0 Å². The van der Waals surface area contributed by atoms with E-state index in [0.717, 1.165) is 25.7 Å². The highest BCUT2D eigenvalue weighted by molar-refractivity contribution is 5.94. The molecule has 2 saturated carbocycles. The molecule has 0 aromatic heterocycles. The standard InChI is InChI=1S/C17H28N2O2/c1-17(16(21)18-13-7-5-6-8-13)12-11-15(20)19(17)14-9-3-2-4-10-14/h13-14H,2-12H2,1H3,(H,18,21). The van der Waals surface area contributed by atoms with E-state index >= 15 is 0 Å². The van der Waals surface area contributed by atoms with Crippen molar-refractivity contribution >= 4 is 11.8 Å². The second-order valence-corrected chi connectivity index (χ2v) is 7.28. The molecule has 118 valence electrons. The van der Waals surface area contributed by atoms with Crippen LogP contribution in [-0.2, 0) is 9.59 Å². The fraction of sp³-hybridized carbons (Fsp3) is 0.882. The van der Waals surface area contributed by atoms with Crippen LogP contribution in [0.4, 0.5) is 0 Å². The van der Waals surface area contributed by atoms with Crippen molar-refractivity contribution < 1.29 is 9.59 Å². The third kappa shape index (κ3) is 2.82. The first-order valence-electron chi connectivity index (χ1n) is 8.74. The van der Waals surface area contributed by atoms with Gasteiger partial charge in [-0.1, -0.05) is 32.1 Å². The predicted molar refractivity (Wildman–Crippen MR) is 81.8 cm³/mol. The largest absolute Gasteiger partial charge is 0.351 e. The van der Waals surface area contributed by atoms with Gasteiger partial charge in [-0.05, 0) is 39.0 Å². The van der Waals surface area contributed by atoms with Gasteiger partial charge in [-0.2, -0.15) is 0 Å². The second-order valence-electron chi connectivity index (χ2n) is 7.28. The van der Waals surface area contributed by atoms with Gasteiger partial charge in [0.1, 0.15) is 5.54 Å². The zero-order chi connectivity index (χ0) is 14.9. The van der Waals surface area contributed by atoms with Crippen LogP contribution in [0.25, 0.3) is 0 Å². The van der Waals surface area contributed by atoms with E-state index in [4.69, 9.17) is 0 Å². The molecule has 1 atom stereocenters. The van der Waals surface area contributed by atoms with Crippen molar-refractivity contribution in [3.05, 3.63) is 0 Å². The van der Waals surface area contributed by atoms with Gasteiger partial charge in [0.15, 0.2) is 0 Å². The van der Waals surface area contributed by atoms with Gasteiger partial charge in [-0.25, -0.2) is 0 Å². The third-order valence-electron chi connectivity index (χ3n) is 5.75. The molecule has 1 unspecified atom stereocenters. The Morgan fingerprint density at radius 3 is 2.38 bits per heavy atom. The van der Waals surface area contributed by atoms with Crippen molar-refractivity contribution in [2.75, 3.05) is 0 Å². The zero-order valence-corrected chi connectivity index (χ0v) is 13.2. The van der Waals surface area contributed by atoms with E-state index in [1.807, 2.05) is 11.8 Å². The summed E-state index contributed by atoms with van der Waals surface area (Å²) in [5.74, 6) is 0.275. The van der Waals surface area contributed by atoms with Crippen LogP contribution in [0.5, 0.6) is 0 Å². The summed E-state index contributed by atoms with van der Waals surface area (Å²) in [5.41, 5.74) is -0.609. The molecule has 2 amide bonds. The van der Waals surface area contributed by atoms with Crippen molar-refractivity contribution in [3.63, 3.8) is 0 Å². The summed E-state index contributed by atoms with van der Waals surface area (Å²) in [7, 11) is 0. The summed E-state index contributed by atoms with van der Waals surface area (Å²) < 4.78 is 0.